The summed E-state index contributed by atoms with van der Waals surface area (Å²) in [4.78, 5) is 31.4. The van der Waals surface area contributed by atoms with Gasteiger partial charge in [-0.2, -0.15) is 0 Å². The maximum absolute atomic E-state index is 12.1. The highest BCUT2D eigenvalue weighted by atomic mass is 35.5. The van der Waals surface area contributed by atoms with Crippen LogP contribution in [0, 0.1) is 24.7 Å². The maximum atomic E-state index is 12.1. The standard InChI is InChI=1S/C33H38ClN3O2.C33H38N4O2/c1-20-14-29(38)35-26-18-27(25(34)17-23(20)26)36-37-28-16-22(32(5,6)19-31(2,3)4)15-24(30(28)39)33(7,8)21-12-10-9-11-13-21;1-20-14-29(38)34-25-18-27-26(17-23(20)25)35-37(36-27)28-16-22(32(5,6)19-31(2,3)4)15-24(30(28)39)33(7,8)21-12-10-9-11-13-21/h9-18,39H,19H2,1-8H3,(H,35,38);9-18,39H,19H2,1-8H3,(H,34,38). The third-order valence-corrected chi connectivity index (χ3v) is 15.5. The van der Waals surface area contributed by atoms with Crippen LogP contribution in [-0.2, 0) is 21.7 Å². The fraction of sp³-hybridized carbons (Fsp3) is 0.364. The van der Waals surface area contributed by atoms with Crippen molar-refractivity contribution in [1.29, 1.82) is 0 Å². The van der Waals surface area contributed by atoms with Crippen LogP contribution < -0.4 is 11.1 Å². The normalized spacial score (nSPS) is 12.9. The van der Waals surface area contributed by atoms with Crippen LogP contribution in [0.25, 0.3) is 38.5 Å². The number of benzene rings is 6. The molecule has 0 aliphatic rings. The fourth-order valence-electron chi connectivity index (χ4n) is 11.6. The highest BCUT2D eigenvalue weighted by molar-refractivity contribution is 6.33. The first-order valence-electron chi connectivity index (χ1n) is 26.8. The second-order valence-electron chi connectivity index (χ2n) is 26.1. The van der Waals surface area contributed by atoms with Gasteiger partial charge in [-0.25, -0.2) is 0 Å². The molecule has 0 aliphatic carbocycles. The van der Waals surface area contributed by atoms with Crippen LogP contribution in [-0.4, -0.2) is 35.2 Å². The molecule has 3 aromatic heterocycles. The van der Waals surface area contributed by atoms with Crippen molar-refractivity contribution in [1.82, 2.24) is 25.0 Å². The average molecular weight is 1070 g/mol. The van der Waals surface area contributed by atoms with Crippen LogP contribution in [0.15, 0.2) is 141 Å². The summed E-state index contributed by atoms with van der Waals surface area (Å²) in [6.07, 6.45) is 1.90. The fourth-order valence-corrected chi connectivity index (χ4v) is 11.8. The molecule has 4 N–H and O–H groups in total. The van der Waals surface area contributed by atoms with Crippen molar-refractivity contribution in [2.24, 2.45) is 21.1 Å². The Morgan fingerprint density at radius 3 is 1.41 bits per heavy atom. The molecule has 0 bridgehead atoms. The number of aromatic nitrogens is 5. The quantitative estimate of drug-likeness (QED) is 0.0943. The van der Waals surface area contributed by atoms with Gasteiger partial charge in [-0.05, 0) is 118 Å². The Morgan fingerprint density at radius 1 is 0.500 bits per heavy atom. The number of nitrogens with one attached hydrogen (secondary N) is 2. The van der Waals surface area contributed by atoms with Gasteiger partial charge in [0.15, 0.2) is 0 Å². The lowest BCUT2D eigenvalue weighted by Gasteiger charge is -2.35. The highest BCUT2D eigenvalue weighted by Crippen LogP contribution is 2.48. The summed E-state index contributed by atoms with van der Waals surface area (Å²) in [6, 6.07) is 39.1. The summed E-state index contributed by atoms with van der Waals surface area (Å²) in [6.45, 7) is 34.7. The lowest BCUT2D eigenvalue weighted by molar-refractivity contribution is 0.283. The van der Waals surface area contributed by atoms with E-state index in [1.54, 1.807) is 24.3 Å². The molecule has 12 heteroatoms. The zero-order chi connectivity index (χ0) is 57.1. The molecule has 0 aliphatic heterocycles. The molecule has 3 heterocycles. The molecule has 78 heavy (non-hydrogen) atoms. The van der Waals surface area contributed by atoms with Crippen LogP contribution in [0.5, 0.6) is 11.5 Å². The third kappa shape index (κ3) is 12.0. The highest BCUT2D eigenvalue weighted by Gasteiger charge is 2.35. The van der Waals surface area contributed by atoms with Crippen LogP contribution in [0.3, 0.4) is 0 Å². The Labute approximate surface area is 463 Å². The van der Waals surface area contributed by atoms with E-state index in [0.717, 1.165) is 73.6 Å². The van der Waals surface area contributed by atoms with Gasteiger partial charge in [0.2, 0.25) is 11.1 Å². The number of pyridine rings is 2. The van der Waals surface area contributed by atoms with Gasteiger partial charge in [-0.3, -0.25) is 9.59 Å². The number of phenolic OH excluding ortho intramolecular Hbond substituents is 2. The molecule has 0 unspecified atom stereocenters. The molecule has 0 amide bonds. The number of aromatic amines is 2. The van der Waals surface area contributed by atoms with Gasteiger partial charge in [-0.15, -0.1) is 25.2 Å². The van der Waals surface area contributed by atoms with E-state index in [4.69, 9.17) is 21.8 Å². The number of aromatic hydroxyl groups is 2. The minimum Gasteiger partial charge on any atom is -0.505 e. The molecule has 0 spiro atoms. The van der Waals surface area contributed by atoms with Crippen molar-refractivity contribution in [3.63, 3.8) is 0 Å². The van der Waals surface area contributed by atoms with E-state index in [-0.39, 0.29) is 44.3 Å². The van der Waals surface area contributed by atoms with Crippen molar-refractivity contribution >= 4 is 55.8 Å². The largest absolute Gasteiger partial charge is 0.505 e. The van der Waals surface area contributed by atoms with E-state index in [0.29, 0.717) is 38.6 Å². The number of H-pyrrole nitrogens is 2. The number of hydrogen-bond acceptors (Lipinski definition) is 8. The van der Waals surface area contributed by atoms with E-state index in [1.807, 2.05) is 74.5 Å². The Morgan fingerprint density at radius 2 is 0.923 bits per heavy atom. The van der Waals surface area contributed by atoms with E-state index >= 15 is 0 Å². The van der Waals surface area contributed by atoms with Gasteiger partial charge in [0, 0.05) is 44.9 Å². The number of fused-ring (bicyclic) bond motifs is 3. The first-order valence-corrected chi connectivity index (χ1v) is 27.1. The number of nitrogens with zero attached hydrogens (tertiary/aromatic N) is 5. The summed E-state index contributed by atoms with van der Waals surface area (Å²) < 4.78 is 0. The lowest BCUT2D eigenvalue weighted by Crippen LogP contribution is -2.27. The minimum atomic E-state index is -0.485. The predicted octanol–water partition coefficient (Wildman–Crippen LogP) is 17.0. The number of rotatable bonds is 11. The molecule has 9 rings (SSSR count). The molecule has 0 saturated carbocycles. The van der Waals surface area contributed by atoms with Crippen molar-refractivity contribution in [3.05, 3.63) is 192 Å². The smallest absolute Gasteiger partial charge is 0.248 e. The van der Waals surface area contributed by atoms with E-state index < -0.39 is 10.8 Å². The first kappa shape index (κ1) is 56.8. The summed E-state index contributed by atoms with van der Waals surface area (Å²) in [5.74, 6) is 0.248. The van der Waals surface area contributed by atoms with Crippen molar-refractivity contribution in [2.75, 3.05) is 0 Å². The summed E-state index contributed by atoms with van der Waals surface area (Å²) in [7, 11) is 0. The van der Waals surface area contributed by atoms with Crippen molar-refractivity contribution in [2.45, 2.75) is 145 Å². The number of halogens is 1. The Hall–Kier alpha value is -7.37. The van der Waals surface area contributed by atoms with E-state index in [1.165, 1.54) is 4.80 Å². The average Bonchev–Trinajstić information content (AvgIpc) is 3.85. The summed E-state index contributed by atoms with van der Waals surface area (Å²) >= 11 is 6.57. The van der Waals surface area contributed by atoms with E-state index in [9.17, 15) is 19.8 Å². The zero-order valence-electron chi connectivity index (χ0n) is 48.3. The Bertz CT molecular complexity index is 3870. The number of aryl methyl sites for hydroxylation is 2. The second-order valence-corrected chi connectivity index (χ2v) is 26.5. The molecule has 0 fully saturated rings. The number of azo groups is 1. The molecule has 0 saturated heterocycles. The summed E-state index contributed by atoms with van der Waals surface area (Å²) in [5, 5.41) is 44.1. The molecule has 0 radical (unpaired) electrons. The first-order chi connectivity index (χ1) is 36.2. The maximum Gasteiger partial charge on any atom is 0.248 e. The third-order valence-electron chi connectivity index (χ3n) is 15.2. The molecule has 11 nitrogen and oxygen atoms in total. The second kappa shape index (κ2) is 20.8. The van der Waals surface area contributed by atoms with Crippen LogP contribution >= 0.6 is 11.6 Å². The van der Waals surface area contributed by atoms with Gasteiger partial charge < -0.3 is 20.2 Å². The molecule has 6 aromatic carbocycles. The van der Waals surface area contributed by atoms with Crippen LogP contribution in [0.2, 0.25) is 5.02 Å². The van der Waals surface area contributed by atoms with Gasteiger partial charge >= 0.3 is 0 Å². The monoisotopic (exact) mass is 1070 g/mol. The van der Waals surface area contributed by atoms with E-state index in [2.05, 4.69) is 154 Å². The number of phenols is 2. The topological polar surface area (TPSA) is 162 Å². The van der Waals surface area contributed by atoms with Gasteiger partial charge in [0.1, 0.15) is 39.6 Å². The molecule has 406 valence electrons. The van der Waals surface area contributed by atoms with Gasteiger partial charge in [-0.1, -0.05) is 181 Å². The Balaban J connectivity index is 0.000000206. The molecular weight excluding hydrogens is 990 g/mol. The zero-order valence-corrected chi connectivity index (χ0v) is 49.0. The Kier molecular flexibility index (Phi) is 15.1. The minimum absolute atomic E-state index is 0.0871. The lowest BCUT2D eigenvalue weighted by atomic mass is 9.70. The summed E-state index contributed by atoms with van der Waals surface area (Å²) in [5.41, 5.74) is 10.3. The van der Waals surface area contributed by atoms with Crippen molar-refractivity contribution < 1.29 is 10.2 Å². The van der Waals surface area contributed by atoms with Gasteiger partial charge in [0.05, 0.1) is 16.1 Å². The van der Waals surface area contributed by atoms with Crippen LogP contribution in [0.4, 0.5) is 11.4 Å². The molecule has 9 aromatic rings. The van der Waals surface area contributed by atoms with Gasteiger partial charge in [0.25, 0.3) is 0 Å². The number of hydrogen-bond donors (Lipinski definition) is 4. The SMILES string of the molecule is Cc1cc(=O)[nH]c2cc(N=Nc3cc(C(C)(C)CC(C)(C)C)cc(C(C)(C)c4ccccc4)c3O)c(Cl)cc12.Cc1cc(=O)[nH]c2cc3nn(-c4cc(C(C)(C)CC(C)(C)C)cc(C(C)(C)c5ccccc5)c4O)nc3cc12. The van der Waals surface area contributed by atoms with Crippen LogP contribution in [0.1, 0.15) is 154 Å². The molecule has 0 atom stereocenters. The van der Waals surface area contributed by atoms with Crippen molar-refractivity contribution in [3.8, 4) is 17.2 Å². The molecular formula is C66H76ClN7O4. The predicted molar refractivity (Wildman–Crippen MR) is 321 cm³/mol.